The van der Waals surface area contributed by atoms with E-state index in [2.05, 4.69) is 5.32 Å². The van der Waals surface area contributed by atoms with E-state index in [-0.39, 0.29) is 32.8 Å². The van der Waals surface area contributed by atoms with Crippen LogP contribution in [0.25, 0.3) is 0 Å². The molecular weight excluding hydrogens is 382 g/mol. The van der Waals surface area contributed by atoms with Gasteiger partial charge in [-0.25, -0.2) is 4.79 Å². The van der Waals surface area contributed by atoms with Gasteiger partial charge in [0.25, 0.3) is 0 Å². The van der Waals surface area contributed by atoms with Crippen LogP contribution in [0.4, 0.5) is 4.79 Å². The molecule has 0 spiro atoms. The predicted octanol–water partition coefficient (Wildman–Crippen LogP) is 1.79. The maximum absolute atomic E-state index is 12.7. The number of amides is 1. The molecule has 0 saturated carbocycles. The number of methoxy groups -OCH3 is 1. The first-order valence-corrected chi connectivity index (χ1v) is 9.38. The molecule has 1 aliphatic heterocycles. The Hall–Kier alpha value is -2.65. The Morgan fingerprint density at radius 1 is 1.14 bits per heavy atom. The number of carbonyl (C=O) groups is 3. The third-order valence-electron chi connectivity index (χ3n) is 4.50. The summed E-state index contributed by atoms with van der Waals surface area (Å²) < 4.78 is 26.3. The lowest BCUT2D eigenvalue weighted by Crippen LogP contribution is -2.55. The van der Waals surface area contributed by atoms with Gasteiger partial charge in [-0.2, -0.15) is 0 Å². The molecule has 0 bridgehead atoms. The molecule has 2 atom stereocenters. The molecule has 1 fully saturated rings. The number of carbonyl (C=O) groups excluding carboxylic acids is 3. The second kappa shape index (κ2) is 10.8. The average Bonchev–Trinajstić information content (AvgIpc) is 3.14. The molecule has 1 aliphatic rings. The molecule has 0 radical (unpaired) electrons. The lowest BCUT2D eigenvalue weighted by Gasteiger charge is -2.35. The first kappa shape index (κ1) is 22.6. The lowest BCUT2D eigenvalue weighted by molar-refractivity contribution is -0.205. The van der Waals surface area contributed by atoms with Crippen molar-refractivity contribution in [1.29, 1.82) is 0 Å². The van der Waals surface area contributed by atoms with Gasteiger partial charge in [0.2, 0.25) is 0 Å². The van der Waals surface area contributed by atoms with Gasteiger partial charge in [0.05, 0.1) is 39.4 Å². The van der Waals surface area contributed by atoms with Gasteiger partial charge >= 0.3 is 18.0 Å². The summed E-state index contributed by atoms with van der Waals surface area (Å²) in [6, 6.07) is 8.09. The normalized spacial score (nSPS) is 17.1. The Morgan fingerprint density at radius 2 is 1.79 bits per heavy atom. The van der Waals surface area contributed by atoms with Crippen LogP contribution in [0, 0.1) is 5.92 Å². The van der Waals surface area contributed by atoms with Gasteiger partial charge in [-0.15, -0.1) is 0 Å². The third-order valence-corrected chi connectivity index (χ3v) is 4.50. The van der Waals surface area contributed by atoms with Crippen molar-refractivity contribution in [1.82, 2.24) is 5.32 Å². The van der Waals surface area contributed by atoms with Crippen molar-refractivity contribution < 1.29 is 38.1 Å². The minimum absolute atomic E-state index is 0.0337. The van der Waals surface area contributed by atoms with E-state index < -0.39 is 35.8 Å². The molecule has 9 heteroatoms. The van der Waals surface area contributed by atoms with Crippen LogP contribution in [0.15, 0.2) is 30.3 Å². The molecule has 29 heavy (non-hydrogen) atoms. The maximum atomic E-state index is 12.7. The Balaban J connectivity index is 2.17. The fourth-order valence-corrected chi connectivity index (χ4v) is 3.12. The zero-order valence-corrected chi connectivity index (χ0v) is 16.8. The number of hydrogen-bond acceptors (Lipinski definition) is 8. The van der Waals surface area contributed by atoms with Crippen molar-refractivity contribution in [3.05, 3.63) is 35.9 Å². The largest absolute Gasteiger partial charge is 0.469 e. The molecule has 1 aromatic carbocycles. The minimum Gasteiger partial charge on any atom is -0.469 e. The molecule has 1 saturated heterocycles. The van der Waals surface area contributed by atoms with E-state index >= 15 is 0 Å². The van der Waals surface area contributed by atoms with Crippen molar-refractivity contribution >= 4 is 18.0 Å². The molecule has 1 aromatic rings. The van der Waals surface area contributed by atoms with E-state index in [1.54, 1.807) is 13.8 Å². The fraction of sp³-hybridized carbons (Fsp3) is 0.550. The highest BCUT2D eigenvalue weighted by Crippen LogP contribution is 2.33. The highest BCUT2D eigenvalue weighted by molar-refractivity contribution is 5.79. The Morgan fingerprint density at radius 3 is 2.38 bits per heavy atom. The van der Waals surface area contributed by atoms with E-state index in [0.29, 0.717) is 0 Å². The second-order valence-electron chi connectivity index (χ2n) is 6.54. The van der Waals surface area contributed by atoms with Crippen LogP contribution in [0.3, 0.4) is 0 Å². The first-order chi connectivity index (χ1) is 13.9. The van der Waals surface area contributed by atoms with Gasteiger partial charge in [-0.05, 0) is 19.4 Å². The van der Waals surface area contributed by atoms with Gasteiger partial charge in [0, 0.05) is 0 Å². The van der Waals surface area contributed by atoms with Crippen LogP contribution in [0.2, 0.25) is 0 Å². The Kier molecular flexibility index (Phi) is 8.41. The van der Waals surface area contributed by atoms with Crippen molar-refractivity contribution in [3.63, 3.8) is 0 Å². The van der Waals surface area contributed by atoms with Crippen molar-refractivity contribution in [3.8, 4) is 0 Å². The standard InChI is InChI=1S/C20H27NO8/c1-4-26-18(23)17(20(2)28-10-11-29-20)15(12-16(22)25-3)21-19(24)27-13-14-8-6-5-7-9-14/h5-9,15,17H,4,10-13H2,1-3H3,(H,21,24). The summed E-state index contributed by atoms with van der Waals surface area (Å²) in [6.45, 7) is 3.93. The van der Waals surface area contributed by atoms with Gasteiger partial charge < -0.3 is 29.0 Å². The van der Waals surface area contributed by atoms with Crippen molar-refractivity contribution in [2.24, 2.45) is 5.92 Å². The van der Waals surface area contributed by atoms with E-state index in [0.717, 1.165) is 5.56 Å². The van der Waals surface area contributed by atoms with Crippen LogP contribution in [-0.4, -0.2) is 56.8 Å². The van der Waals surface area contributed by atoms with Gasteiger partial charge in [0.15, 0.2) is 5.79 Å². The zero-order valence-electron chi connectivity index (χ0n) is 16.8. The van der Waals surface area contributed by atoms with E-state index in [4.69, 9.17) is 23.7 Å². The predicted molar refractivity (Wildman–Crippen MR) is 101 cm³/mol. The van der Waals surface area contributed by atoms with Gasteiger partial charge in [-0.3, -0.25) is 9.59 Å². The molecule has 1 heterocycles. The molecule has 1 N–H and O–H groups in total. The number of rotatable bonds is 9. The Bertz CT molecular complexity index is 687. The third kappa shape index (κ3) is 6.43. The number of ether oxygens (including phenoxy) is 5. The first-order valence-electron chi connectivity index (χ1n) is 9.38. The summed E-state index contributed by atoms with van der Waals surface area (Å²) in [5.74, 6) is -3.74. The molecule has 9 nitrogen and oxygen atoms in total. The number of benzene rings is 1. The lowest BCUT2D eigenvalue weighted by atomic mass is 9.89. The molecule has 0 aromatic heterocycles. The van der Waals surface area contributed by atoms with Gasteiger partial charge in [0.1, 0.15) is 12.5 Å². The summed E-state index contributed by atoms with van der Waals surface area (Å²) in [4.78, 5) is 37.0. The molecule has 2 unspecified atom stereocenters. The summed E-state index contributed by atoms with van der Waals surface area (Å²) in [6.07, 6.45) is -1.08. The quantitative estimate of drug-likeness (QED) is 0.486. The SMILES string of the molecule is CCOC(=O)C(C(CC(=O)OC)NC(=O)OCc1ccccc1)C1(C)OCCO1. The highest BCUT2D eigenvalue weighted by Gasteiger charge is 2.50. The van der Waals surface area contributed by atoms with Crippen LogP contribution in [0.1, 0.15) is 25.8 Å². The highest BCUT2D eigenvalue weighted by atomic mass is 16.7. The summed E-state index contributed by atoms with van der Waals surface area (Å²) in [5.41, 5.74) is 0.795. The maximum Gasteiger partial charge on any atom is 0.407 e. The van der Waals surface area contributed by atoms with Crippen molar-refractivity contribution in [2.45, 2.75) is 38.7 Å². The van der Waals surface area contributed by atoms with E-state index in [1.807, 2.05) is 30.3 Å². The second-order valence-corrected chi connectivity index (χ2v) is 6.54. The topological polar surface area (TPSA) is 109 Å². The van der Waals surface area contributed by atoms with Crippen LogP contribution >= 0.6 is 0 Å². The van der Waals surface area contributed by atoms with Gasteiger partial charge in [-0.1, -0.05) is 30.3 Å². The molecule has 160 valence electrons. The minimum atomic E-state index is -1.36. The van der Waals surface area contributed by atoms with Crippen LogP contribution in [0.5, 0.6) is 0 Å². The Labute approximate surface area is 169 Å². The summed E-state index contributed by atoms with van der Waals surface area (Å²) >= 11 is 0. The number of esters is 2. The van der Waals surface area contributed by atoms with Crippen LogP contribution in [-0.2, 0) is 39.9 Å². The molecule has 1 amide bonds. The summed E-state index contributed by atoms with van der Waals surface area (Å²) in [5, 5.41) is 2.57. The molecular formula is C20H27NO8. The monoisotopic (exact) mass is 409 g/mol. The van der Waals surface area contributed by atoms with Crippen LogP contribution < -0.4 is 5.32 Å². The molecule has 0 aliphatic carbocycles. The van der Waals surface area contributed by atoms with Crippen molar-refractivity contribution in [2.75, 3.05) is 26.9 Å². The number of hydrogen-bond donors (Lipinski definition) is 1. The average molecular weight is 409 g/mol. The summed E-state index contributed by atoms with van der Waals surface area (Å²) in [7, 11) is 1.22. The van der Waals surface area contributed by atoms with E-state index in [9.17, 15) is 14.4 Å². The van der Waals surface area contributed by atoms with E-state index in [1.165, 1.54) is 7.11 Å². The molecule has 2 rings (SSSR count). The fourth-order valence-electron chi connectivity index (χ4n) is 3.12. The smallest absolute Gasteiger partial charge is 0.407 e. The zero-order chi connectivity index (χ0) is 21.3. The number of nitrogens with one attached hydrogen (secondary N) is 1. The number of alkyl carbamates (subject to hydrolysis) is 1.